The van der Waals surface area contributed by atoms with Gasteiger partial charge in [0.1, 0.15) is 5.78 Å². The highest BCUT2D eigenvalue weighted by molar-refractivity contribution is 8.05. The molecule has 0 spiro atoms. The molecular weight excluding hydrogens is 256 g/mol. The van der Waals surface area contributed by atoms with Gasteiger partial charge < -0.3 is 0 Å². The van der Waals surface area contributed by atoms with Crippen molar-refractivity contribution in [2.24, 2.45) is 0 Å². The maximum Gasteiger partial charge on any atom is 0.130 e. The van der Waals surface area contributed by atoms with Crippen LogP contribution in [-0.4, -0.2) is 19.6 Å². The van der Waals surface area contributed by atoms with E-state index in [1.807, 2.05) is 17.8 Å². The normalized spacial score (nSPS) is 12.6. The van der Waals surface area contributed by atoms with Gasteiger partial charge in [0.05, 0.1) is 8.07 Å². The van der Waals surface area contributed by atoms with Crippen LogP contribution >= 0.6 is 11.8 Å². The van der Waals surface area contributed by atoms with Crippen molar-refractivity contribution in [3.8, 4) is 0 Å². The summed E-state index contributed by atoms with van der Waals surface area (Å²) in [5, 5.41) is 0. The maximum absolute atomic E-state index is 11.0. The molecule has 98 valence electrons. The van der Waals surface area contributed by atoms with Gasteiger partial charge in [-0.3, -0.25) is 4.79 Å². The van der Waals surface area contributed by atoms with Gasteiger partial charge in [0.15, 0.2) is 0 Å². The highest BCUT2D eigenvalue weighted by Crippen LogP contribution is 2.29. The van der Waals surface area contributed by atoms with Crippen molar-refractivity contribution in [2.45, 2.75) is 33.0 Å². The molecule has 0 fully saturated rings. The standard InChI is InChI=1S/C15H22OSSi/c1-13(16)10-11-17-15(18(2,3)4)12-14-8-6-5-7-9-14/h5-9,12H,10-11H2,1-4H3/b15-12+. The first-order valence-corrected chi connectivity index (χ1v) is 10.8. The first-order chi connectivity index (χ1) is 8.39. The third-order valence-corrected chi connectivity index (χ3v) is 7.28. The molecule has 0 saturated heterocycles. The second-order valence-electron chi connectivity index (χ2n) is 5.47. The molecule has 0 heterocycles. The number of carbonyl (C=O) groups excluding carboxylic acids is 1. The first-order valence-electron chi connectivity index (χ1n) is 6.29. The molecule has 0 atom stereocenters. The highest BCUT2D eigenvalue weighted by Gasteiger charge is 2.20. The Hall–Kier alpha value is -0.803. The van der Waals surface area contributed by atoms with Crippen molar-refractivity contribution in [1.82, 2.24) is 0 Å². The van der Waals surface area contributed by atoms with Crippen LogP contribution in [0.4, 0.5) is 0 Å². The molecule has 0 bridgehead atoms. The molecule has 1 nitrogen and oxygen atoms in total. The SMILES string of the molecule is CC(=O)CCS/C(=C\c1ccccc1)[Si](C)(C)C. The van der Waals surface area contributed by atoms with Gasteiger partial charge in [0.2, 0.25) is 0 Å². The Morgan fingerprint density at radius 2 is 1.83 bits per heavy atom. The van der Waals surface area contributed by atoms with Crippen molar-refractivity contribution in [2.75, 3.05) is 5.75 Å². The molecule has 0 saturated carbocycles. The van der Waals surface area contributed by atoms with Crippen LogP contribution in [0.15, 0.2) is 34.9 Å². The largest absolute Gasteiger partial charge is 0.300 e. The summed E-state index contributed by atoms with van der Waals surface area (Å²) in [6.07, 6.45) is 2.96. The average molecular weight is 278 g/mol. The predicted octanol–water partition coefficient (Wildman–Crippen LogP) is 4.62. The molecule has 0 aliphatic rings. The van der Waals surface area contributed by atoms with E-state index in [1.54, 1.807) is 6.92 Å². The van der Waals surface area contributed by atoms with Crippen molar-refractivity contribution in [3.05, 3.63) is 40.4 Å². The van der Waals surface area contributed by atoms with Gasteiger partial charge in [-0.1, -0.05) is 50.0 Å². The van der Waals surface area contributed by atoms with E-state index in [2.05, 4.69) is 50.0 Å². The fourth-order valence-corrected chi connectivity index (χ4v) is 4.95. The molecule has 1 aromatic carbocycles. The van der Waals surface area contributed by atoms with Gasteiger partial charge >= 0.3 is 0 Å². The molecule has 1 aromatic rings. The van der Waals surface area contributed by atoms with E-state index < -0.39 is 8.07 Å². The van der Waals surface area contributed by atoms with Crippen LogP contribution in [0.3, 0.4) is 0 Å². The summed E-state index contributed by atoms with van der Waals surface area (Å²) in [6.45, 7) is 8.71. The zero-order valence-corrected chi connectivity index (χ0v) is 13.5. The third-order valence-electron chi connectivity index (χ3n) is 2.55. The number of carbonyl (C=O) groups is 1. The van der Waals surface area contributed by atoms with Crippen molar-refractivity contribution >= 4 is 31.7 Å². The molecule has 0 aliphatic carbocycles. The molecule has 0 aromatic heterocycles. The first kappa shape index (κ1) is 15.3. The summed E-state index contributed by atoms with van der Waals surface area (Å²) in [5.74, 6) is 1.18. The smallest absolute Gasteiger partial charge is 0.130 e. The van der Waals surface area contributed by atoms with Gasteiger partial charge in [-0.25, -0.2) is 0 Å². The van der Waals surface area contributed by atoms with Crippen LogP contribution in [0.25, 0.3) is 6.08 Å². The fraction of sp³-hybridized carbons (Fsp3) is 0.400. The van der Waals surface area contributed by atoms with Gasteiger partial charge in [0, 0.05) is 12.2 Å². The fourth-order valence-electron chi connectivity index (χ4n) is 1.48. The minimum atomic E-state index is -1.33. The Balaban J connectivity index is 2.79. The van der Waals surface area contributed by atoms with Gasteiger partial charge in [-0.15, -0.1) is 11.8 Å². The van der Waals surface area contributed by atoms with E-state index in [-0.39, 0.29) is 5.78 Å². The van der Waals surface area contributed by atoms with Crippen LogP contribution in [0.5, 0.6) is 0 Å². The average Bonchev–Trinajstić information content (AvgIpc) is 2.27. The molecule has 0 N–H and O–H groups in total. The number of hydrogen-bond donors (Lipinski definition) is 0. The van der Waals surface area contributed by atoms with E-state index in [1.165, 1.54) is 10.1 Å². The van der Waals surface area contributed by atoms with Crippen molar-refractivity contribution < 1.29 is 4.79 Å². The lowest BCUT2D eigenvalue weighted by atomic mass is 10.2. The lowest BCUT2D eigenvalue weighted by Gasteiger charge is -2.20. The number of ketones is 1. The molecule has 0 radical (unpaired) electrons. The van der Waals surface area contributed by atoms with Gasteiger partial charge in [-0.05, 0) is 23.1 Å². The summed E-state index contributed by atoms with van der Waals surface area (Å²) in [7, 11) is -1.33. The lowest BCUT2D eigenvalue weighted by molar-refractivity contribution is -0.116. The molecule has 0 aliphatic heterocycles. The van der Waals surface area contributed by atoms with Gasteiger partial charge in [-0.2, -0.15) is 0 Å². The van der Waals surface area contributed by atoms with E-state index >= 15 is 0 Å². The second-order valence-corrected chi connectivity index (χ2v) is 12.0. The van der Waals surface area contributed by atoms with Crippen molar-refractivity contribution in [3.63, 3.8) is 0 Å². The zero-order chi connectivity index (χ0) is 13.6. The van der Waals surface area contributed by atoms with Crippen LogP contribution < -0.4 is 0 Å². The van der Waals surface area contributed by atoms with E-state index in [4.69, 9.17) is 0 Å². The number of hydrogen-bond acceptors (Lipinski definition) is 2. The maximum atomic E-state index is 11.0. The monoisotopic (exact) mass is 278 g/mol. The summed E-state index contributed by atoms with van der Waals surface area (Å²) < 4.78 is 1.47. The summed E-state index contributed by atoms with van der Waals surface area (Å²) in [4.78, 5) is 11.0. The minimum absolute atomic E-state index is 0.275. The predicted molar refractivity (Wildman–Crippen MR) is 85.5 cm³/mol. The van der Waals surface area contributed by atoms with Gasteiger partial charge in [0.25, 0.3) is 0 Å². The Labute approximate surface area is 116 Å². The van der Waals surface area contributed by atoms with Crippen LogP contribution in [-0.2, 0) is 4.79 Å². The summed E-state index contributed by atoms with van der Waals surface area (Å²) in [6, 6.07) is 10.4. The van der Waals surface area contributed by atoms with E-state index in [0.717, 1.165) is 5.75 Å². The molecule has 0 unspecified atom stereocenters. The number of benzene rings is 1. The van der Waals surface area contributed by atoms with Crippen molar-refractivity contribution in [1.29, 1.82) is 0 Å². The van der Waals surface area contributed by atoms with Crippen LogP contribution in [0, 0.1) is 0 Å². The summed E-state index contributed by atoms with van der Waals surface area (Å²) in [5.41, 5.74) is 1.25. The Kier molecular flexibility index (Phi) is 5.89. The Bertz CT molecular complexity index is 418. The third kappa shape index (κ3) is 5.69. The van der Waals surface area contributed by atoms with Crippen LogP contribution in [0.2, 0.25) is 19.6 Å². The van der Waals surface area contributed by atoms with Crippen LogP contribution in [0.1, 0.15) is 18.9 Å². The molecular formula is C15H22OSSi. The number of Topliss-reactive ketones (excluding diaryl/α,β-unsaturated/α-hetero) is 1. The molecule has 0 amide bonds. The topological polar surface area (TPSA) is 17.1 Å². The molecule has 1 rings (SSSR count). The van der Waals surface area contributed by atoms with E-state index in [9.17, 15) is 4.79 Å². The summed E-state index contributed by atoms with van der Waals surface area (Å²) >= 11 is 1.85. The molecule has 3 heteroatoms. The Morgan fingerprint density at radius 3 is 2.33 bits per heavy atom. The second kappa shape index (κ2) is 6.95. The quantitative estimate of drug-likeness (QED) is 0.706. The minimum Gasteiger partial charge on any atom is -0.300 e. The molecule has 18 heavy (non-hydrogen) atoms. The zero-order valence-electron chi connectivity index (χ0n) is 11.7. The Morgan fingerprint density at radius 1 is 1.22 bits per heavy atom. The van der Waals surface area contributed by atoms with E-state index in [0.29, 0.717) is 6.42 Å². The number of rotatable bonds is 6. The lowest BCUT2D eigenvalue weighted by Crippen LogP contribution is -2.22. The number of thioether (sulfide) groups is 1. The highest BCUT2D eigenvalue weighted by atomic mass is 32.2.